The van der Waals surface area contributed by atoms with Gasteiger partial charge in [-0.2, -0.15) is 0 Å². The van der Waals surface area contributed by atoms with Gasteiger partial charge in [0, 0.05) is 47.9 Å². The van der Waals surface area contributed by atoms with Crippen LogP contribution < -0.4 is 4.90 Å². The predicted molar refractivity (Wildman–Crippen MR) is 218 cm³/mol. The number of fused-ring (bicyclic) bond motifs is 6. The zero-order chi connectivity index (χ0) is 33.7. The van der Waals surface area contributed by atoms with Crippen LogP contribution >= 0.6 is 11.3 Å². The molecule has 0 spiro atoms. The van der Waals surface area contributed by atoms with Crippen LogP contribution in [0.15, 0.2) is 192 Å². The van der Waals surface area contributed by atoms with Gasteiger partial charge in [0.1, 0.15) is 11.2 Å². The highest BCUT2D eigenvalue weighted by Crippen LogP contribution is 2.48. The van der Waals surface area contributed by atoms with Gasteiger partial charge < -0.3 is 9.32 Å². The maximum absolute atomic E-state index is 6.28. The molecule has 0 fully saturated rings. The van der Waals surface area contributed by atoms with Crippen molar-refractivity contribution in [3.8, 4) is 33.4 Å². The average Bonchev–Trinajstić information content (AvgIpc) is 3.76. The molecule has 0 aliphatic rings. The Labute approximate surface area is 300 Å². The highest BCUT2D eigenvalue weighted by molar-refractivity contribution is 7.25. The lowest BCUT2D eigenvalue weighted by atomic mass is 9.91. The van der Waals surface area contributed by atoms with Crippen LogP contribution in [-0.4, -0.2) is 0 Å². The van der Waals surface area contributed by atoms with Crippen molar-refractivity contribution >= 4 is 70.5 Å². The SMILES string of the molecule is c1ccc(-c2ccc(N(c3ccc4oc5ccccc5c4c3)c3cccc(-c4ccccc4)c3-c3ccc4c(c3)sc3ccccc34)cc2)cc1. The van der Waals surface area contributed by atoms with E-state index in [9.17, 15) is 0 Å². The van der Waals surface area contributed by atoms with Gasteiger partial charge in [-0.15, -0.1) is 11.3 Å². The number of rotatable bonds is 6. The second-order valence-electron chi connectivity index (χ2n) is 12.9. The van der Waals surface area contributed by atoms with Gasteiger partial charge in [0.05, 0.1) is 5.69 Å². The third-order valence-corrected chi connectivity index (χ3v) is 11.0. The number of thiophene rings is 1. The molecule has 8 aromatic carbocycles. The maximum Gasteiger partial charge on any atom is 0.135 e. The van der Waals surface area contributed by atoms with E-state index in [4.69, 9.17) is 4.42 Å². The first-order valence-corrected chi connectivity index (χ1v) is 18.1. The fraction of sp³-hybridized carbons (Fsp3) is 0. The fourth-order valence-electron chi connectivity index (χ4n) is 7.48. The standard InChI is InChI=1S/C48H31NOS/c1-3-12-32(13-4-1)33-22-25-36(26-23-33)49(37-27-29-45-42(31-37)39-16-7-9-20-44(39)50-45)43-19-11-18-38(34-14-5-2-6-15-34)48(43)35-24-28-41-40-17-8-10-21-46(40)51-47(41)30-35/h1-31H. The third-order valence-electron chi connectivity index (χ3n) is 9.89. The summed E-state index contributed by atoms with van der Waals surface area (Å²) in [7, 11) is 0. The van der Waals surface area contributed by atoms with Gasteiger partial charge in [-0.3, -0.25) is 0 Å². The molecule has 2 aromatic heterocycles. The molecule has 0 amide bonds. The summed E-state index contributed by atoms with van der Waals surface area (Å²) >= 11 is 1.86. The molecular formula is C48H31NOS. The van der Waals surface area contributed by atoms with Crippen LogP contribution in [0.4, 0.5) is 17.1 Å². The Balaban J connectivity index is 1.24. The molecule has 0 radical (unpaired) electrons. The summed E-state index contributed by atoms with van der Waals surface area (Å²) in [6.45, 7) is 0. The molecule has 240 valence electrons. The first kappa shape index (κ1) is 29.5. The highest BCUT2D eigenvalue weighted by atomic mass is 32.1. The summed E-state index contributed by atoms with van der Waals surface area (Å²) < 4.78 is 8.87. The Bertz CT molecular complexity index is 2850. The van der Waals surface area contributed by atoms with E-state index in [0.717, 1.165) is 39.0 Å². The molecule has 10 aromatic rings. The van der Waals surface area contributed by atoms with Crippen LogP contribution in [0.3, 0.4) is 0 Å². The van der Waals surface area contributed by atoms with E-state index in [1.807, 2.05) is 23.5 Å². The van der Waals surface area contributed by atoms with Crippen LogP contribution in [0.5, 0.6) is 0 Å². The van der Waals surface area contributed by atoms with E-state index in [1.165, 1.54) is 53.6 Å². The summed E-state index contributed by atoms with van der Waals surface area (Å²) in [4.78, 5) is 2.41. The largest absolute Gasteiger partial charge is 0.456 e. The fourth-order valence-corrected chi connectivity index (χ4v) is 8.63. The summed E-state index contributed by atoms with van der Waals surface area (Å²) in [5, 5.41) is 4.81. The van der Waals surface area contributed by atoms with Crippen molar-refractivity contribution < 1.29 is 4.42 Å². The van der Waals surface area contributed by atoms with Crippen molar-refractivity contribution in [2.24, 2.45) is 0 Å². The molecule has 3 heteroatoms. The van der Waals surface area contributed by atoms with Crippen LogP contribution in [0.25, 0.3) is 75.5 Å². The van der Waals surface area contributed by atoms with Crippen LogP contribution in [-0.2, 0) is 0 Å². The molecule has 0 atom stereocenters. The van der Waals surface area contributed by atoms with Crippen LogP contribution in [0.1, 0.15) is 0 Å². The zero-order valence-electron chi connectivity index (χ0n) is 27.7. The molecule has 10 rings (SSSR count). The Morgan fingerprint density at radius 2 is 1.00 bits per heavy atom. The van der Waals surface area contributed by atoms with Gasteiger partial charge in [0.15, 0.2) is 0 Å². The van der Waals surface area contributed by atoms with Gasteiger partial charge in [0.25, 0.3) is 0 Å². The van der Waals surface area contributed by atoms with E-state index < -0.39 is 0 Å². The van der Waals surface area contributed by atoms with Gasteiger partial charge in [0.2, 0.25) is 0 Å². The van der Waals surface area contributed by atoms with E-state index >= 15 is 0 Å². The van der Waals surface area contributed by atoms with Crippen molar-refractivity contribution in [1.82, 2.24) is 0 Å². The first-order chi connectivity index (χ1) is 25.3. The first-order valence-electron chi connectivity index (χ1n) is 17.3. The van der Waals surface area contributed by atoms with Crippen LogP contribution in [0, 0.1) is 0 Å². The van der Waals surface area contributed by atoms with Crippen molar-refractivity contribution in [3.05, 3.63) is 188 Å². The van der Waals surface area contributed by atoms with E-state index in [-0.39, 0.29) is 0 Å². The normalized spacial score (nSPS) is 11.5. The molecular weight excluding hydrogens is 639 g/mol. The number of nitrogens with zero attached hydrogens (tertiary/aromatic N) is 1. The van der Waals surface area contributed by atoms with Gasteiger partial charge >= 0.3 is 0 Å². The topological polar surface area (TPSA) is 16.4 Å². The number of benzene rings is 8. The Hall–Kier alpha value is -6.42. The second-order valence-corrected chi connectivity index (χ2v) is 14.0. The lowest BCUT2D eigenvalue weighted by molar-refractivity contribution is 0.669. The minimum absolute atomic E-state index is 0.882. The molecule has 51 heavy (non-hydrogen) atoms. The molecule has 2 nitrogen and oxygen atoms in total. The molecule has 0 N–H and O–H groups in total. The molecule has 0 saturated heterocycles. The summed E-state index contributed by atoms with van der Waals surface area (Å²) in [6, 6.07) is 67.6. The quantitative estimate of drug-likeness (QED) is 0.175. The summed E-state index contributed by atoms with van der Waals surface area (Å²) in [6.07, 6.45) is 0. The minimum Gasteiger partial charge on any atom is -0.456 e. The predicted octanol–water partition coefficient (Wildman–Crippen LogP) is 14.4. The van der Waals surface area contributed by atoms with Gasteiger partial charge in [-0.05, 0) is 82.4 Å². The summed E-state index contributed by atoms with van der Waals surface area (Å²) in [5.41, 5.74) is 12.2. The monoisotopic (exact) mass is 669 g/mol. The van der Waals surface area contributed by atoms with Crippen molar-refractivity contribution in [1.29, 1.82) is 0 Å². The number of hydrogen-bond donors (Lipinski definition) is 0. The molecule has 0 saturated carbocycles. The minimum atomic E-state index is 0.882. The Kier molecular flexibility index (Phi) is 7.04. The molecule has 2 heterocycles. The number of furan rings is 1. The zero-order valence-corrected chi connectivity index (χ0v) is 28.5. The van der Waals surface area contributed by atoms with E-state index in [1.54, 1.807) is 0 Å². The lowest BCUT2D eigenvalue weighted by Gasteiger charge is -2.29. The molecule has 0 aliphatic carbocycles. The second kappa shape index (κ2) is 12.2. The van der Waals surface area contributed by atoms with Crippen molar-refractivity contribution in [2.75, 3.05) is 4.90 Å². The van der Waals surface area contributed by atoms with Gasteiger partial charge in [-0.1, -0.05) is 133 Å². The third kappa shape index (κ3) is 5.10. The molecule has 0 aliphatic heterocycles. The van der Waals surface area contributed by atoms with Gasteiger partial charge in [-0.25, -0.2) is 0 Å². The van der Waals surface area contributed by atoms with E-state index in [2.05, 4.69) is 181 Å². The Morgan fingerprint density at radius 3 is 1.82 bits per heavy atom. The molecule has 0 unspecified atom stereocenters. The van der Waals surface area contributed by atoms with Crippen molar-refractivity contribution in [3.63, 3.8) is 0 Å². The number of hydrogen-bond acceptors (Lipinski definition) is 3. The van der Waals surface area contributed by atoms with E-state index in [0.29, 0.717) is 0 Å². The number of anilines is 3. The Morgan fingerprint density at radius 1 is 0.373 bits per heavy atom. The highest BCUT2D eigenvalue weighted by Gasteiger charge is 2.22. The smallest absolute Gasteiger partial charge is 0.135 e. The average molecular weight is 670 g/mol. The number of para-hydroxylation sites is 1. The summed E-state index contributed by atoms with van der Waals surface area (Å²) in [5.74, 6) is 0. The maximum atomic E-state index is 6.28. The lowest BCUT2D eigenvalue weighted by Crippen LogP contribution is -2.11. The van der Waals surface area contributed by atoms with Crippen molar-refractivity contribution in [2.45, 2.75) is 0 Å². The van der Waals surface area contributed by atoms with Crippen LogP contribution in [0.2, 0.25) is 0 Å². The molecule has 0 bridgehead atoms.